The number of nitrogens with one attached hydrogen (secondary N) is 2. The molecule has 0 fully saturated rings. The molecule has 110 valence electrons. The van der Waals surface area contributed by atoms with Crippen LogP contribution in [0.15, 0.2) is 30.3 Å². The van der Waals surface area contributed by atoms with Crippen LogP contribution in [-0.4, -0.2) is 12.0 Å². The maximum atomic E-state index is 13.2. The smallest absolute Gasteiger partial charge is 0.315 e. The Kier molecular flexibility index (Phi) is 4.50. The van der Waals surface area contributed by atoms with Crippen LogP contribution in [0.5, 0.6) is 0 Å². The van der Waals surface area contributed by atoms with Gasteiger partial charge in [-0.05, 0) is 24.3 Å². The Morgan fingerprint density at radius 3 is 2.29 bits per heavy atom. The summed E-state index contributed by atoms with van der Waals surface area (Å²) in [5.74, 6) is -0.589. The van der Waals surface area contributed by atoms with Gasteiger partial charge in [0.05, 0.1) is 20.7 Å². The highest BCUT2D eigenvalue weighted by Crippen LogP contribution is 2.39. The highest BCUT2D eigenvalue weighted by molar-refractivity contribution is 6.39. The van der Waals surface area contributed by atoms with Crippen LogP contribution in [0.25, 0.3) is 0 Å². The molecule has 2 N–H and O–H groups in total. The molecule has 0 saturated heterocycles. The third kappa shape index (κ3) is 3.17. The number of nitro benzene ring substituents is 1. The molecule has 0 aliphatic heterocycles. The van der Waals surface area contributed by atoms with Gasteiger partial charge in [-0.2, -0.15) is 0 Å². The minimum absolute atomic E-state index is 0.0316. The van der Waals surface area contributed by atoms with E-state index >= 15 is 0 Å². The summed E-state index contributed by atoms with van der Waals surface area (Å²) in [5, 5.41) is 16.8. The summed E-state index contributed by atoms with van der Waals surface area (Å²) in [5.41, 5.74) is 0.578. The molecule has 0 radical (unpaired) electrons. The van der Waals surface area contributed by atoms with Crippen LogP contribution in [-0.2, 0) is 0 Å². The van der Waals surface area contributed by atoms with E-state index in [1.807, 2.05) is 0 Å². The predicted octanol–water partition coefficient (Wildman–Crippen LogP) is 4.83. The van der Waals surface area contributed by atoms with E-state index in [9.17, 15) is 14.5 Å². The fourth-order valence-corrected chi connectivity index (χ4v) is 2.39. The standard InChI is InChI=1S/C13H10Cl2FN3O2/c1-17-10-3-2-4-11(13(10)19(20)21)18-12-8(14)5-7(16)6-9(12)15/h2-6,17-18H,1H3. The first kappa shape index (κ1) is 15.3. The van der Waals surface area contributed by atoms with E-state index in [0.29, 0.717) is 5.69 Å². The Morgan fingerprint density at radius 2 is 1.76 bits per heavy atom. The molecule has 0 atom stereocenters. The molecule has 2 aromatic rings. The zero-order valence-corrected chi connectivity index (χ0v) is 12.3. The second-order valence-electron chi connectivity index (χ2n) is 4.08. The van der Waals surface area contributed by atoms with E-state index in [1.54, 1.807) is 19.2 Å². The average Bonchev–Trinajstić information content (AvgIpc) is 2.42. The van der Waals surface area contributed by atoms with Crippen LogP contribution in [0.2, 0.25) is 10.0 Å². The maximum absolute atomic E-state index is 13.2. The molecule has 2 rings (SSSR count). The summed E-state index contributed by atoms with van der Waals surface area (Å²) in [6.45, 7) is 0. The molecule has 2 aromatic carbocycles. The van der Waals surface area contributed by atoms with Gasteiger partial charge in [-0.15, -0.1) is 0 Å². The number of para-hydroxylation sites is 1. The number of hydrogen-bond acceptors (Lipinski definition) is 4. The van der Waals surface area contributed by atoms with Gasteiger partial charge in [0.2, 0.25) is 0 Å². The largest absolute Gasteiger partial charge is 0.382 e. The normalized spacial score (nSPS) is 10.3. The number of rotatable bonds is 4. The van der Waals surface area contributed by atoms with Crippen molar-refractivity contribution in [1.29, 1.82) is 0 Å². The Bertz CT molecular complexity index is 687. The first-order chi connectivity index (χ1) is 9.93. The van der Waals surface area contributed by atoms with Crippen molar-refractivity contribution in [2.45, 2.75) is 0 Å². The van der Waals surface area contributed by atoms with Crippen molar-refractivity contribution in [3.8, 4) is 0 Å². The molecule has 0 amide bonds. The molecular formula is C13H10Cl2FN3O2. The Labute approximate surface area is 129 Å². The van der Waals surface area contributed by atoms with Crippen LogP contribution in [0.1, 0.15) is 0 Å². The minimum atomic E-state index is -0.589. The number of anilines is 3. The summed E-state index contributed by atoms with van der Waals surface area (Å²) in [4.78, 5) is 10.7. The fraction of sp³-hybridized carbons (Fsp3) is 0.0769. The topological polar surface area (TPSA) is 67.2 Å². The average molecular weight is 330 g/mol. The molecule has 0 aliphatic carbocycles. The zero-order valence-electron chi connectivity index (χ0n) is 10.8. The summed E-state index contributed by atoms with van der Waals surface area (Å²) in [7, 11) is 1.57. The monoisotopic (exact) mass is 329 g/mol. The van der Waals surface area contributed by atoms with Crippen molar-refractivity contribution in [2.24, 2.45) is 0 Å². The van der Waals surface area contributed by atoms with Crippen LogP contribution >= 0.6 is 23.2 Å². The first-order valence-corrected chi connectivity index (χ1v) is 6.56. The molecule has 0 bridgehead atoms. The number of halogens is 3. The van der Waals surface area contributed by atoms with E-state index in [1.165, 1.54) is 6.07 Å². The van der Waals surface area contributed by atoms with Crippen molar-refractivity contribution in [3.63, 3.8) is 0 Å². The number of benzene rings is 2. The van der Waals surface area contributed by atoms with Crippen molar-refractivity contribution < 1.29 is 9.31 Å². The number of hydrogen-bond donors (Lipinski definition) is 2. The molecule has 0 unspecified atom stereocenters. The van der Waals surface area contributed by atoms with Crippen molar-refractivity contribution in [2.75, 3.05) is 17.7 Å². The summed E-state index contributed by atoms with van der Waals surface area (Å²) >= 11 is 11.8. The third-order valence-corrected chi connectivity index (χ3v) is 3.35. The Balaban J connectivity index is 2.52. The lowest BCUT2D eigenvalue weighted by Crippen LogP contribution is -2.02. The lowest BCUT2D eigenvalue weighted by molar-refractivity contribution is -0.383. The lowest BCUT2D eigenvalue weighted by Gasteiger charge is -2.12. The Morgan fingerprint density at radius 1 is 1.19 bits per heavy atom. The summed E-state index contributed by atoms with van der Waals surface area (Å²) in [6, 6.07) is 6.85. The summed E-state index contributed by atoms with van der Waals surface area (Å²) < 4.78 is 13.2. The van der Waals surface area contributed by atoms with Crippen LogP contribution in [0, 0.1) is 15.9 Å². The van der Waals surface area contributed by atoms with Gasteiger partial charge < -0.3 is 10.6 Å². The molecule has 0 heterocycles. The van der Waals surface area contributed by atoms with Crippen molar-refractivity contribution in [1.82, 2.24) is 0 Å². The molecule has 0 spiro atoms. The molecule has 0 aromatic heterocycles. The number of nitrogens with zero attached hydrogens (tertiary/aromatic N) is 1. The summed E-state index contributed by atoms with van der Waals surface area (Å²) in [6.07, 6.45) is 0. The minimum Gasteiger partial charge on any atom is -0.382 e. The van der Waals surface area contributed by atoms with Gasteiger partial charge in [-0.3, -0.25) is 10.1 Å². The molecule has 5 nitrogen and oxygen atoms in total. The zero-order chi connectivity index (χ0) is 15.6. The molecule has 0 saturated carbocycles. The lowest BCUT2D eigenvalue weighted by atomic mass is 10.2. The Hall–Kier alpha value is -2.05. The molecule has 0 aliphatic rings. The predicted molar refractivity (Wildman–Crippen MR) is 82.3 cm³/mol. The van der Waals surface area contributed by atoms with Gasteiger partial charge in [0.25, 0.3) is 0 Å². The third-order valence-electron chi connectivity index (χ3n) is 2.75. The van der Waals surface area contributed by atoms with Crippen LogP contribution in [0.3, 0.4) is 0 Å². The van der Waals surface area contributed by atoms with Gasteiger partial charge in [0.15, 0.2) is 0 Å². The molecule has 8 heteroatoms. The van der Waals surface area contributed by atoms with Gasteiger partial charge in [-0.1, -0.05) is 29.3 Å². The molecule has 21 heavy (non-hydrogen) atoms. The highest BCUT2D eigenvalue weighted by atomic mass is 35.5. The molecular weight excluding hydrogens is 320 g/mol. The van der Waals surface area contributed by atoms with E-state index < -0.39 is 10.7 Å². The van der Waals surface area contributed by atoms with Crippen LogP contribution < -0.4 is 10.6 Å². The van der Waals surface area contributed by atoms with E-state index in [2.05, 4.69) is 10.6 Å². The van der Waals surface area contributed by atoms with E-state index in [0.717, 1.165) is 12.1 Å². The SMILES string of the molecule is CNc1cccc(Nc2c(Cl)cc(F)cc2Cl)c1[N+](=O)[O-]. The van der Waals surface area contributed by atoms with Gasteiger partial charge in [0.1, 0.15) is 17.2 Å². The second-order valence-corrected chi connectivity index (χ2v) is 4.89. The van der Waals surface area contributed by atoms with Crippen LogP contribution in [0.4, 0.5) is 27.1 Å². The van der Waals surface area contributed by atoms with Crippen molar-refractivity contribution in [3.05, 3.63) is 56.3 Å². The fourth-order valence-electron chi connectivity index (χ4n) is 1.84. The maximum Gasteiger partial charge on any atom is 0.315 e. The van der Waals surface area contributed by atoms with E-state index in [4.69, 9.17) is 23.2 Å². The van der Waals surface area contributed by atoms with Gasteiger partial charge in [0, 0.05) is 7.05 Å². The van der Waals surface area contributed by atoms with Crippen molar-refractivity contribution >= 4 is 46.0 Å². The quantitative estimate of drug-likeness (QED) is 0.623. The van der Waals surface area contributed by atoms with Gasteiger partial charge >= 0.3 is 5.69 Å². The highest BCUT2D eigenvalue weighted by Gasteiger charge is 2.20. The van der Waals surface area contributed by atoms with E-state index in [-0.39, 0.29) is 27.1 Å². The number of nitro groups is 1. The van der Waals surface area contributed by atoms with Gasteiger partial charge in [-0.25, -0.2) is 4.39 Å². The first-order valence-electron chi connectivity index (χ1n) is 5.80. The second kappa shape index (κ2) is 6.15.